The Morgan fingerprint density at radius 3 is 2.23 bits per heavy atom. The van der Waals surface area contributed by atoms with Gasteiger partial charge in [0.1, 0.15) is 0 Å². The van der Waals surface area contributed by atoms with E-state index in [9.17, 15) is 9.59 Å². The minimum absolute atomic E-state index is 0.0145. The summed E-state index contributed by atoms with van der Waals surface area (Å²) in [6.45, 7) is 4.04. The number of nitrogens with one attached hydrogen (secondary N) is 1. The van der Waals surface area contributed by atoms with Crippen molar-refractivity contribution in [1.29, 1.82) is 0 Å². The molecule has 0 heterocycles. The van der Waals surface area contributed by atoms with Gasteiger partial charge in [0.2, 0.25) is 11.8 Å². The van der Waals surface area contributed by atoms with E-state index in [0.29, 0.717) is 6.54 Å². The number of amides is 2. The minimum Gasteiger partial charge on any atom is -0.370 e. The number of hydrogen-bond acceptors (Lipinski definition) is 3. The van der Waals surface area contributed by atoms with Crippen LogP contribution in [0, 0.1) is 5.92 Å². The van der Waals surface area contributed by atoms with Crippen molar-refractivity contribution in [3.05, 3.63) is 0 Å². The van der Waals surface area contributed by atoms with Crippen LogP contribution in [0.3, 0.4) is 0 Å². The van der Waals surface area contributed by atoms with Crippen LogP contribution < -0.4 is 16.8 Å². The predicted octanol–water partition coefficient (Wildman–Crippen LogP) is -1.04. The zero-order valence-electron chi connectivity index (χ0n) is 8.04. The van der Waals surface area contributed by atoms with Crippen LogP contribution in [0.2, 0.25) is 0 Å². The van der Waals surface area contributed by atoms with Gasteiger partial charge in [-0.1, -0.05) is 6.92 Å². The molecule has 0 spiro atoms. The second kappa shape index (κ2) is 5.53. The van der Waals surface area contributed by atoms with Gasteiger partial charge in [-0.15, -0.1) is 0 Å². The summed E-state index contributed by atoms with van der Waals surface area (Å²) in [6, 6.07) is -0.0145. The Labute approximate surface area is 77.8 Å². The standard InChI is InChI=1S/C8H17N3O2/c1-5(8(10)13)4-11-6(2)3-7(9)12/h5-6,11H,3-4H2,1-2H3,(H2,9,12)(H2,10,13). The van der Waals surface area contributed by atoms with E-state index < -0.39 is 0 Å². The smallest absolute Gasteiger partial charge is 0.221 e. The molecule has 0 bridgehead atoms. The van der Waals surface area contributed by atoms with Gasteiger partial charge in [-0.05, 0) is 6.92 Å². The molecule has 0 fully saturated rings. The van der Waals surface area contributed by atoms with E-state index in [4.69, 9.17) is 11.5 Å². The average molecular weight is 187 g/mol. The Bertz CT molecular complexity index is 194. The first-order valence-corrected chi connectivity index (χ1v) is 4.24. The number of nitrogens with two attached hydrogens (primary N) is 2. The molecule has 0 saturated carbocycles. The first kappa shape index (κ1) is 11.9. The molecule has 0 aliphatic rings. The summed E-state index contributed by atoms with van der Waals surface area (Å²) in [6.07, 6.45) is 0.269. The van der Waals surface area contributed by atoms with Gasteiger partial charge in [-0.3, -0.25) is 9.59 Å². The quantitative estimate of drug-likeness (QED) is 0.495. The SMILES string of the molecule is CC(CC(N)=O)NCC(C)C(N)=O. The highest BCUT2D eigenvalue weighted by molar-refractivity contribution is 5.76. The molecule has 5 heteroatoms. The second-order valence-electron chi connectivity index (χ2n) is 3.28. The van der Waals surface area contributed by atoms with Crippen molar-refractivity contribution in [1.82, 2.24) is 5.32 Å². The second-order valence-corrected chi connectivity index (χ2v) is 3.28. The van der Waals surface area contributed by atoms with E-state index in [-0.39, 0.29) is 30.2 Å². The number of carbonyl (C=O) groups is 2. The molecule has 13 heavy (non-hydrogen) atoms. The summed E-state index contributed by atoms with van der Waals surface area (Å²) in [5.74, 6) is -0.930. The van der Waals surface area contributed by atoms with Crippen LogP contribution in [0.4, 0.5) is 0 Å². The molecule has 5 nitrogen and oxygen atoms in total. The van der Waals surface area contributed by atoms with Gasteiger partial charge in [-0.25, -0.2) is 0 Å². The molecule has 0 aliphatic heterocycles. The van der Waals surface area contributed by atoms with Crippen LogP contribution in [-0.2, 0) is 9.59 Å². The maximum Gasteiger partial charge on any atom is 0.221 e. The molecule has 5 N–H and O–H groups in total. The Kier molecular flexibility index (Phi) is 5.06. The highest BCUT2D eigenvalue weighted by Crippen LogP contribution is 1.94. The molecule has 0 rings (SSSR count). The molecular weight excluding hydrogens is 170 g/mol. The third-order valence-electron chi connectivity index (χ3n) is 1.77. The van der Waals surface area contributed by atoms with Crippen molar-refractivity contribution < 1.29 is 9.59 Å². The third kappa shape index (κ3) is 6.10. The van der Waals surface area contributed by atoms with Crippen LogP contribution in [-0.4, -0.2) is 24.4 Å². The molecule has 76 valence electrons. The van der Waals surface area contributed by atoms with E-state index in [1.165, 1.54) is 0 Å². The Morgan fingerprint density at radius 2 is 1.85 bits per heavy atom. The molecular formula is C8H17N3O2. The summed E-state index contributed by atoms with van der Waals surface area (Å²) in [4.78, 5) is 21.1. The zero-order valence-corrected chi connectivity index (χ0v) is 8.04. The Morgan fingerprint density at radius 1 is 1.31 bits per heavy atom. The van der Waals surface area contributed by atoms with Crippen molar-refractivity contribution in [2.75, 3.05) is 6.54 Å². The molecule has 0 saturated heterocycles. The maximum absolute atomic E-state index is 10.6. The Hall–Kier alpha value is -1.10. The predicted molar refractivity (Wildman–Crippen MR) is 49.6 cm³/mol. The van der Waals surface area contributed by atoms with E-state index in [1.807, 2.05) is 6.92 Å². The number of hydrogen-bond donors (Lipinski definition) is 3. The molecule has 2 unspecified atom stereocenters. The summed E-state index contributed by atoms with van der Waals surface area (Å²) in [5.41, 5.74) is 10.0. The van der Waals surface area contributed by atoms with Gasteiger partial charge < -0.3 is 16.8 Å². The first-order valence-electron chi connectivity index (χ1n) is 4.24. The van der Waals surface area contributed by atoms with Crippen molar-refractivity contribution in [2.24, 2.45) is 17.4 Å². The molecule has 2 amide bonds. The fourth-order valence-corrected chi connectivity index (χ4v) is 0.852. The summed E-state index contributed by atoms with van der Waals surface area (Å²) >= 11 is 0. The summed E-state index contributed by atoms with van der Waals surface area (Å²) in [5, 5.41) is 2.99. The lowest BCUT2D eigenvalue weighted by Gasteiger charge is -2.14. The Balaban J connectivity index is 3.63. The average Bonchev–Trinajstić information content (AvgIpc) is 1.98. The lowest BCUT2D eigenvalue weighted by atomic mass is 10.1. The van der Waals surface area contributed by atoms with E-state index in [0.717, 1.165) is 0 Å². The van der Waals surface area contributed by atoms with Crippen molar-refractivity contribution in [3.8, 4) is 0 Å². The molecule has 0 radical (unpaired) electrons. The fourth-order valence-electron chi connectivity index (χ4n) is 0.852. The van der Waals surface area contributed by atoms with Gasteiger partial charge in [0.05, 0.1) is 0 Å². The number of rotatable bonds is 6. The minimum atomic E-state index is -0.355. The first-order chi connectivity index (χ1) is 5.93. The van der Waals surface area contributed by atoms with Crippen LogP contribution >= 0.6 is 0 Å². The largest absolute Gasteiger partial charge is 0.370 e. The number of carbonyl (C=O) groups excluding carboxylic acids is 2. The third-order valence-corrected chi connectivity index (χ3v) is 1.77. The molecule has 0 aliphatic carbocycles. The zero-order chi connectivity index (χ0) is 10.4. The van der Waals surface area contributed by atoms with Gasteiger partial charge in [0.25, 0.3) is 0 Å². The molecule has 2 atom stereocenters. The van der Waals surface area contributed by atoms with Crippen LogP contribution in [0.5, 0.6) is 0 Å². The van der Waals surface area contributed by atoms with E-state index in [2.05, 4.69) is 5.32 Å². The van der Waals surface area contributed by atoms with E-state index in [1.54, 1.807) is 6.92 Å². The lowest BCUT2D eigenvalue weighted by molar-refractivity contribution is -0.121. The summed E-state index contributed by atoms with van der Waals surface area (Å²) < 4.78 is 0. The normalized spacial score (nSPS) is 14.9. The highest BCUT2D eigenvalue weighted by atomic mass is 16.1. The highest BCUT2D eigenvalue weighted by Gasteiger charge is 2.11. The van der Waals surface area contributed by atoms with E-state index >= 15 is 0 Å². The molecule has 0 aromatic rings. The van der Waals surface area contributed by atoms with Crippen molar-refractivity contribution >= 4 is 11.8 Å². The van der Waals surface area contributed by atoms with Crippen LogP contribution in [0.1, 0.15) is 20.3 Å². The monoisotopic (exact) mass is 187 g/mol. The topological polar surface area (TPSA) is 98.2 Å². The lowest BCUT2D eigenvalue weighted by Crippen LogP contribution is -2.37. The fraction of sp³-hybridized carbons (Fsp3) is 0.750. The summed E-state index contributed by atoms with van der Waals surface area (Å²) in [7, 11) is 0. The maximum atomic E-state index is 10.6. The van der Waals surface area contributed by atoms with Gasteiger partial charge in [0.15, 0.2) is 0 Å². The van der Waals surface area contributed by atoms with Gasteiger partial charge in [0, 0.05) is 24.9 Å². The molecule has 0 aromatic heterocycles. The van der Waals surface area contributed by atoms with Gasteiger partial charge >= 0.3 is 0 Å². The van der Waals surface area contributed by atoms with Crippen molar-refractivity contribution in [3.63, 3.8) is 0 Å². The number of primary amides is 2. The van der Waals surface area contributed by atoms with Crippen LogP contribution in [0.15, 0.2) is 0 Å². The van der Waals surface area contributed by atoms with Gasteiger partial charge in [-0.2, -0.15) is 0 Å². The van der Waals surface area contributed by atoms with Crippen LogP contribution in [0.25, 0.3) is 0 Å². The molecule has 0 aromatic carbocycles. The van der Waals surface area contributed by atoms with Crippen molar-refractivity contribution in [2.45, 2.75) is 26.3 Å².